The van der Waals surface area contributed by atoms with E-state index in [4.69, 9.17) is 5.73 Å². The van der Waals surface area contributed by atoms with E-state index < -0.39 is 5.60 Å². The lowest BCUT2D eigenvalue weighted by atomic mass is 9.57. The molecule has 3 heterocycles. The first kappa shape index (κ1) is 9.13. The zero-order valence-electron chi connectivity index (χ0n) is 8.71. The van der Waals surface area contributed by atoms with Gasteiger partial charge in [0.2, 0.25) is 0 Å². The van der Waals surface area contributed by atoms with Crippen LogP contribution in [0.2, 0.25) is 0 Å². The van der Waals surface area contributed by atoms with Crippen LogP contribution < -0.4 is 5.73 Å². The predicted molar refractivity (Wildman–Crippen MR) is 54.9 cm³/mol. The van der Waals surface area contributed by atoms with Crippen molar-refractivity contribution in [1.82, 2.24) is 4.90 Å². The Hall–Kier alpha value is -0.120. The molecule has 0 aromatic heterocycles. The van der Waals surface area contributed by atoms with Gasteiger partial charge in [0.05, 0.1) is 5.60 Å². The first-order valence-corrected chi connectivity index (χ1v) is 5.88. The Bertz CT molecular complexity index is 244. The highest BCUT2D eigenvalue weighted by molar-refractivity contribution is 5.15. The molecule has 0 aromatic carbocycles. The number of nitrogens with two attached hydrogens (primary N) is 1. The fourth-order valence-corrected chi connectivity index (χ4v) is 3.59. The Morgan fingerprint density at radius 3 is 2.21 bits per heavy atom. The minimum Gasteiger partial charge on any atom is -0.386 e. The summed E-state index contributed by atoms with van der Waals surface area (Å²) in [6.45, 7) is 3.17. The Morgan fingerprint density at radius 2 is 1.86 bits per heavy atom. The van der Waals surface area contributed by atoms with E-state index in [9.17, 15) is 5.11 Å². The van der Waals surface area contributed by atoms with Crippen LogP contribution in [0.15, 0.2) is 0 Å². The fourth-order valence-electron chi connectivity index (χ4n) is 3.59. The summed E-state index contributed by atoms with van der Waals surface area (Å²) in [7, 11) is 0. The summed E-state index contributed by atoms with van der Waals surface area (Å²) >= 11 is 0. The molecule has 1 aliphatic carbocycles. The van der Waals surface area contributed by atoms with E-state index in [-0.39, 0.29) is 5.54 Å². The summed E-state index contributed by atoms with van der Waals surface area (Å²) in [5.41, 5.74) is 5.50. The molecule has 3 saturated heterocycles. The molecule has 4 fully saturated rings. The van der Waals surface area contributed by atoms with Gasteiger partial charge in [0.25, 0.3) is 0 Å². The summed E-state index contributed by atoms with van der Waals surface area (Å²) in [6.07, 6.45) is 5.54. The van der Waals surface area contributed by atoms with Crippen LogP contribution in [-0.4, -0.2) is 40.8 Å². The second-order valence-corrected chi connectivity index (χ2v) is 5.48. The lowest BCUT2D eigenvalue weighted by molar-refractivity contribution is -0.174. The summed E-state index contributed by atoms with van der Waals surface area (Å²) in [6, 6.07) is 0. The second kappa shape index (κ2) is 2.71. The Balaban J connectivity index is 1.88. The van der Waals surface area contributed by atoms with E-state index in [1.807, 2.05) is 0 Å². The molecule has 4 rings (SSSR count). The van der Waals surface area contributed by atoms with Crippen molar-refractivity contribution in [3.63, 3.8) is 0 Å². The van der Waals surface area contributed by atoms with Crippen LogP contribution in [0.25, 0.3) is 0 Å². The maximum absolute atomic E-state index is 10.8. The van der Waals surface area contributed by atoms with Gasteiger partial charge in [-0.25, -0.2) is 0 Å². The monoisotopic (exact) mass is 196 g/mol. The Kier molecular flexibility index (Phi) is 1.77. The fraction of sp³-hybridized carbons (Fsp3) is 1.00. The molecule has 1 saturated carbocycles. The van der Waals surface area contributed by atoms with Gasteiger partial charge in [0.15, 0.2) is 0 Å². The first-order valence-electron chi connectivity index (χ1n) is 5.88. The SMILES string of the molecule is NC1(C2(O)CN3CCC2CC3)CCC1. The molecule has 3 N–H and O–H groups in total. The van der Waals surface area contributed by atoms with Gasteiger partial charge >= 0.3 is 0 Å². The quantitative estimate of drug-likeness (QED) is 0.635. The lowest BCUT2D eigenvalue weighted by Gasteiger charge is -2.60. The maximum atomic E-state index is 10.8. The van der Waals surface area contributed by atoms with Gasteiger partial charge in [-0.05, 0) is 51.1 Å². The van der Waals surface area contributed by atoms with Crippen molar-refractivity contribution in [3.05, 3.63) is 0 Å². The largest absolute Gasteiger partial charge is 0.386 e. The topological polar surface area (TPSA) is 49.5 Å². The molecule has 3 nitrogen and oxygen atoms in total. The lowest BCUT2D eigenvalue weighted by Crippen LogP contribution is -2.75. The summed E-state index contributed by atoms with van der Waals surface area (Å²) in [5.74, 6) is 0.470. The zero-order valence-corrected chi connectivity index (χ0v) is 8.71. The standard InChI is InChI=1S/C11H20N2O/c12-10(4-1-5-10)11(14)8-13-6-2-9(11)3-7-13/h9,14H,1-8,12H2. The van der Waals surface area contributed by atoms with Crippen LogP contribution in [0.1, 0.15) is 32.1 Å². The third-order valence-electron chi connectivity index (χ3n) is 4.84. The minimum atomic E-state index is -0.568. The molecule has 2 bridgehead atoms. The summed E-state index contributed by atoms with van der Waals surface area (Å²) in [4.78, 5) is 2.38. The molecule has 1 atom stereocenters. The van der Waals surface area contributed by atoms with Crippen molar-refractivity contribution in [3.8, 4) is 0 Å². The Morgan fingerprint density at radius 1 is 1.21 bits per heavy atom. The molecule has 0 amide bonds. The predicted octanol–water partition coefficient (Wildman–Crippen LogP) is 0.324. The molecule has 3 heteroatoms. The van der Waals surface area contributed by atoms with Crippen LogP contribution in [0.5, 0.6) is 0 Å². The number of piperidine rings is 3. The highest BCUT2D eigenvalue weighted by atomic mass is 16.3. The molecule has 80 valence electrons. The van der Waals surface area contributed by atoms with Crippen molar-refractivity contribution >= 4 is 0 Å². The molecule has 3 aliphatic heterocycles. The minimum absolute atomic E-state index is 0.253. The molecule has 14 heavy (non-hydrogen) atoms. The van der Waals surface area contributed by atoms with E-state index in [1.54, 1.807) is 0 Å². The highest BCUT2D eigenvalue weighted by Crippen LogP contribution is 2.48. The van der Waals surface area contributed by atoms with Gasteiger partial charge in [-0.15, -0.1) is 0 Å². The molecular weight excluding hydrogens is 176 g/mol. The highest BCUT2D eigenvalue weighted by Gasteiger charge is 2.58. The van der Waals surface area contributed by atoms with Crippen molar-refractivity contribution in [2.24, 2.45) is 11.7 Å². The number of rotatable bonds is 1. The van der Waals surface area contributed by atoms with E-state index in [2.05, 4.69) is 4.90 Å². The van der Waals surface area contributed by atoms with Crippen molar-refractivity contribution < 1.29 is 5.11 Å². The van der Waals surface area contributed by atoms with E-state index >= 15 is 0 Å². The third-order valence-corrected chi connectivity index (χ3v) is 4.84. The number of nitrogens with zero attached hydrogens (tertiary/aromatic N) is 1. The number of aliphatic hydroxyl groups is 1. The van der Waals surface area contributed by atoms with Gasteiger partial charge in [0, 0.05) is 12.1 Å². The van der Waals surface area contributed by atoms with Crippen LogP contribution in [-0.2, 0) is 0 Å². The van der Waals surface area contributed by atoms with Crippen LogP contribution >= 0.6 is 0 Å². The zero-order chi connectivity index (χ0) is 9.81. The van der Waals surface area contributed by atoms with E-state index in [1.165, 1.54) is 19.5 Å². The van der Waals surface area contributed by atoms with Crippen LogP contribution in [0.4, 0.5) is 0 Å². The van der Waals surface area contributed by atoms with E-state index in [0.717, 1.165) is 32.2 Å². The van der Waals surface area contributed by atoms with Crippen LogP contribution in [0, 0.1) is 5.92 Å². The van der Waals surface area contributed by atoms with Gasteiger partial charge in [-0.3, -0.25) is 0 Å². The molecule has 1 unspecified atom stereocenters. The van der Waals surface area contributed by atoms with Gasteiger partial charge in [0.1, 0.15) is 0 Å². The number of fused-ring (bicyclic) bond motifs is 3. The molecular formula is C11H20N2O. The summed E-state index contributed by atoms with van der Waals surface area (Å²) in [5, 5.41) is 10.8. The average molecular weight is 196 g/mol. The number of hydrogen-bond donors (Lipinski definition) is 2. The normalized spacial score (nSPS) is 50.1. The van der Waals surface area contributed by atoms with E-state index in [0.29, 0.717) is 5.92 Å². The first-order chi connectivity index (χ1) is 6.64. The summed E-state index contributed by atoms with van der Waals surface area (Å²) < 4.78 is 0. The molecule has 0 radical (unpaired) electrons. The van der Waals surface area contributed by atoms with Crippen LogP contribution in [0.3, 0.4) is 0 Å². The van der Waals surface area contributed by atoms with Crippen molar-refractivity contribution in [1.29, 1.82) is 0 Å². The van der Waals surface area contributed by atoms with Gasteiger partial charge in [-0.2, -0.15) is 0 Å². The van der Waals surface area contributed by atoms with Gasteiger partial charge < -0.3 is 15.7 Å². The van der Waals surface area contributed by atoms with Crippen molar-refractivity contribution in [2.45, 2.75) is 43.2 Å². The third kappa shape index (κ3) is 0.980. The Labute approximate surface area is 85.3 Å². The number of hydrogen-bond acceptors (Lipinski definition) is 3. The molecule has 0 spiro atoms. The molecule has 4 aliphatic rings. The average Bonchev–Trinajstić information content (AvgIpc) is 2.15. The van der Waals surface area contributed by atoms with Crippen molar-refractivity contribution in [2.75, 3.05) is 19.6 Å². The molecule has 0 aromatic rings. The maximum Gasteiger partial charge on any atom is 0.0981 e. The smallest absolute Gasteiger partial charge is 0.0981 e. The second-order valence-electron chi connectivity index (χ2n) is 5.48. The van der Waals surface area contributed by atoms with Gasteiger partial charge in [-0.1, -0.05) is 0 Å².